The largest absolute Gasteiger partial charge is 0.493 e. The molecule has 2 amide bonds. The molecule has 0 spiro atoms. The second-order valence-electron chi connectivity index (χ2n) is 9.90. The Morgan fingerprint density at radius 2 is 1.86 bits per heavy atom. The molecule has 11 heteroatoms. The molecular weight excluding hydrogens is 541 g/mol. The molecule has 42 heavy (non-hydrogen) atoms. The van der Waals surface area contributed by atoms with Gasteiger partial charge < -0.3 is 30.2 Å². The number of carbonyl (C=O) groups is 2. The summed E-state index contributed by atoms with van der Waals surface area (Å²) in [7, 11) is 1.56. The summed E-state index contributed by atoms with van der Waals surface area (Å²) in [5.41, 5.74) is 1.65. The molecule has 0 saturated carbocycles. The number of anilines is 1. The van der Waals surface area contributed by atoms with Gasteiger partial charge in [-0.3, -0.25) is 19.6 Å². The summed E-state index contributed by atoms with van der Waals surface area (Å²) in [4.78, 5) is 32.9. The molecular formula is C31H32FN5O5. The highest BCUT2D eigenvalue weighted by Gasteiger charge is 2.18. The maximum absolute atomic E-state index is 15.0. The predicted octanol–water partition coefficient (Wildman–Crippen LogP) is 4.25. The summed E-state index contributed by atoms with van der Waals surface area (Å²) >= 11 is 0. The van der Waals surface area contributed by atoms with E-state index in [1.807, 2.05) is 6.07 Å². The number of methoxy groups -OCH3 is 1. The number of nitrogens with zero attached hydrogens (tertiary/aromatic N) is 2. The van der Waals surface area contributed by atoms with Gasteiger partial charge in [0.2, 0.25) is 0 Å². The van der Waals surface area contributed by atoms with Crippen molar-refractivity contribution in [3.8, 4) is 23.0 Å². The number of hydrogen-bond donors (Lipinski definition) is 3. The number of fused-ring (bicyclic) bond motifs is 1. The van der Waals surface area contributed by atoms with Gasteiger partial charge in [-0.15, -0.1) is 0 Å². The van der Waals surface area contributed by atoms with Crippen molar-refractivity contribution < 1.29 is 28.2 Å². The molecule has 0 radical (unpaired) electrons. The molecule has 2 aromatic carbocycles. The van der Waals surface area contributed by atoms with E-state index in [0.717, 1.165) is 37.6 Å². The van der Waals surface area contributed by atoms with Gasteiger partial charge in [-0.1, -0.05) is 6.07 Å². The van der Waals surface area contributed by atoms with Crippen molar-refractivity contribution >= 4 is 28.4 Å². The van der Waals surface area contributed by atoms with E-state index in [4.69, 9.17) is 14.2 Å². The summed E-state index contributed by atoms with van der Waals surface area (Å²) in [6, 6.07) is 12.8. The van der Waals surface area contributed by atoms with E-state index in [2.05, 4.69) is 25.9 Å². The molecule has 2 aromatic heterocycles. The van der Waals surface area contributed by atoms with Crippen molar-refractivity contribution in [2.45, 2.75) is 19.3 Å². The van der Waals surface area contributed by atoms with Crippen LogP contribution >= 0.6 is 0 Å². The minimum atomic E-state index is -0.903. The van der Waals surface area contributed by atoms with Gasteiger partial charge in [0.15, 0.2) is 23.1 Å². The lowest BCUT2D eigenvalue weighted by molar-refractivity contribution is -0.136. The molecule has 1 aliphatic rings. The van der Waals surface area contributed by atoms with Gasteiger partial charge in [0.05, 0.1) is 19.2 Å². The van der Waals surface area contributed by atoms with E-state index in [1.54, 1.807) is 50.0 Å². The van der Waals surface area contributed by atoms with Crippen LogP contribution in [-0.4, -0.2) is 55.1 Å². The van der Waals surface area contributed by atoms with Crippen LogP contribution in [0.15, 0.2) is 67.1 Å². The van der Waals surface area contributed by atoms with Gasteiger partial charge in [0.1, 0.15) is 5.75 Å². The maximum Gasteiger partial charge on any atom is 0.313 e. The Kier molecular flexibility index (Phi) is 9.40. The summed E-state index contributed by atoms with van der Waals surface area (Å²) < 4.78 is 32.6. The molecule has 3 N–H and O–H groups in total. The number of ether oxygens (including phenoxy) is 3. The summed E-state index contributed by atoms with van der Waals surface area (Å²) in [5, 5.41) is 8.91. The second-order valence-corrected chi connectivity index (χ2v) is 9.90. The summed E-state index contributed by atoms with van der Waals surface area (Å²) in [6.45, 7) is 2.81. The van der Waals surface area contributed by atoms with Crippen LogP contribution in [0.2, 0.25) is 0 Å². The number of hydrogen-bond acceptors (Lipinski definition) is 8. The molecule has 4 aromatic rings. The lowest BCUT2D eigenvalue weighted by Crippen LogP contribution is -2.36. The van der Waals surface area contributed by atoms with E-state index in [-0.39, 0.29) is 18.0 Å². The smallest absolute Gasteiger partial charge is 0.313 e. The molecule has 1 aliphatic heterocycles. The molecule has 10 nitrogen and oxygen atoms in total. The van der Waals surface area contributed by atoms with E-state index < -0.39 is 17.6 Å². The number of carbonyl (C=O) groups excluding carboxylic acids is 2. The number of nitrogens with one attached hydrogen (secondary N) is 3. The van der Waals surface area contributed by atoms with E-state index >= 15 is 4.39 Å². The molecule has 5 rings (SSSR count). The Hall–Kier alpha value is -4.77. The zero-order chi connectivity index (χ0) is 29.3. The fourth-order valence-electron chi connectivity index (χ4n) is 4.66. The maximum atomic E-state index is 15.0. The van der Waals surface area contributed by atoms with Crippen LogP contribution < -0.4 is 30.2 Å². The first kappa shape index (κ1) is 28.7. The van der Waals surface area contributed by atoms with Crippen molar-refractivity contribution in [3.05, 3.63) is 78.5 Å². The van der Waals surface area contributed by atoms with Crippen LogP contribution in [0.4, 0.5) is 10.1 Å². The van der Waals surface area contributed by atoms with Crippen LogP contribution in [0.1, 0.15) is 18.4 Å². The Morgan fingerprint density at radius 1 is 1.00 bits per heavy atom. The number of rotatable bonds is 10. The first-order valence-electron chi connectivity index (χ1n) is 13.8. The highest BCUT2D eigenvalue weighted by molar-refractivity contribution is 6.39. The average molecular weight is 574 g/mol. The number of amides is 2. The van der Waals surface area contributed by atoms with Gasteiger partial charge in [0, 0.05) is 48.3 Å². The van der Waals surface area contributed by atoms with Crippen molar-refractivity contribution in [3.63, 3.8) is 0 Å². The number of benzene rings is 2. The Labute approximate surface area is 242 Å². The van der Waals surface area contributed by atoms with Crippen molar-refractivity contribution in [1.29, 1.82) is 0 Å². The first-order valence-corrected chi connectivity index (χ1v) is 13.8. The Morgan fingerprint density at radius 3 is 2.62 bits per heavy atom. The third-order valence-corrected chi connectivity index (χ3v) is 6.96. The van der Waals surface area contributed by atoms with Crippen LogP contribution in [0.3, 0.4) is 0 Å². The Bertz CT molecular complexity index is 1550. The zero-order valence-corrected chi connectivity index (χ0v) is 23.2. The zero-order valence-electron chi connectivity index (χ0n) is 23.2. The number of piperidine rings is 1. The fraction of sp³-hybridized carbons (Fsp3) is 0.290. The van der Waals surface area contributed by atoms with Crippen LogP contribution in [0.25, 0.3) is 10.9 Å². The molecule has 0 unspecified atom stereocenters. The second kappa shape index (κ2) is 13.7. The first-order chi connectivity index (χ1) is 20.5. The van der Waals surface area contributed by atoms with E-state index in [9.17, 15) is 9.59 Å². The summed E-state index contributed by atoms with van der Waals surface area (Å²) in [5.74, 6) is -0.568. The van der Waals surface area contributed by atoms with Gasteiger partial charge in [-0.2, -0.15) is 0 Å². The van der Waals surface area contributed by atoms with Crippen molar-refractivity contribution in [2.24, 2.45) is 5.92 Å². The van der Waals surface area contributed by atoms with Crippen LogP contribution in [0, 0.1) is 11.7 Å². The van der Waals surface area contributed by atoms with Crippen LogP contribution in [-0.2, 0) is 16.0 Å². The number of halogens is 1. The number of pyridine rings is 2. The third-order valence-electron chi connectivity index (χ3n) is 6.96. The monoisotopic (exact) mass is 573 g/mol. The lowest BCUT2D eigenvalue weighted by atomic mass is 9.99. The molecule has 1 saturated heterocycles. The number of aromatic nitrogens is 2. The average Bonchev–Trinajstić information content (AvgIpc) is 3.02. The quantitative estimate of drug-likeness (QED) is 0.241. The third kappa shape index (κ3) is 7.29. The van der Waals surface area contributed by atoms with Gasteiger partial charge in [-0.05, 0) is 74.2 Å². The van der Waals surface area contributed by atoms with Gasteiger partial charge in [-0.25, -0.2) is 4.39 Å². The van der Waals surface area contributed by atoms with Gasteiger partial charge >= 0.3 is 11.8 Å². The molecule has 0 bridgehead atoms. The molecule has 0 aliphatic carbocycles. The van der Waals surface area contributed by atoms with E-state index in [0.29, 0.717) is 47.1 Å². The standard InChI is InChI=1S/C31H32FN5O5/c1-40-28-16-23-25(17-29(28)41-19-21-6-11-33-12-7-21)35-14-9-26(23)42-27-5-4-22(15-24(27)32)37-31(39)30(38)36-13-8-20-3-2-10-34-18-20/h2-5,9-10,14-18,21,33H,6-8,11-13,19H2,1H3,(H,36,38)(H,37,39). The molecule has 1 fully saturated rings. The van der Waals surface area contributed by atoms with Crippen molar-refractivity contribution in [1.82, 2.24) is 20.6 Å². The van der Waals surface area contributed by atoms with Gasteiger partial charge in [0.25, 0.3) is 0 Å². The van der Waals surface area contributed by atoms with E-state index in [1.165, 1.54) is 12.1 Å². The Balaban J connectivity index is 1.22. The topological polar surface area (TPSA) is 124 Å². The highest BCUT2D eigenvalue weighted by atomic mass is 19.1. The minimum Gasteiger partial charge on any atom is -0.493 e. The fourth-order valence-corrected chi connectivity index (χ4v) is 4.66. The highest BCUT2D eigenvalue weighted by Crippen LogP contribution is 2.38. The summed E-state index contributed by atoms with van der Waals surface area (Å²) in [6.07, 6.45) is 7.55. The SMILES string of the molecule is COc1cc2c(Oc3ccc(NC(=O)C(=O)NCCc4cccnc4)cc3F)ccnc2cc1OCC1CCNCC1. The lowest BCUT2D eigenvalue weighted by Gasteiger charge is -2.23. The molecule has 218 valence electrons. The van der Waals surface area contributed by atoms with Crippen molar-refractivity contribution in [2.75, 3.05) is 38.7 Å². The molecule has 0 atom stereocenters. The predicted molar refractivity (Wildman–Crippen MR) is 155 cm³/mol. The molecule has 3 heterocycles. The minimum absolute atomic E-state index is 0.0633. The normalized spacial score (nSPS) is 13.4. The van der Waals surface area contributed by atoms with Crippen LogP contribution in [0.5, 0.6) is 23.0 Å².